The fourth-order valence-corrected chi connectivity index (χ4v) is 3.56. The fourth-order valence-electron chi connectivity index (χ4n) is 2.35. The number of carbonyl (C=O) groups is 1. The van der Waals surface area contributed by atoms with Crippen LogP contribution >= 0.6 is 0 Å². The molecule has 0 atom stereocenters. The molecule has 2 N–H and O–H groups in total. The molecule has 2 aromatic carbocycles. The van der Waals surface area contributed by atoms with Gasteiger partial charge in [-0.3, -0.25) is 4.79 Å². The number of alkyl halides is 3. The maximum absolute atomic E-state index is 12.6. The zero-order valence-electron chi connectivity index (χ0n) is 15.1. The third-order valence-corrected chi connectivity index (χ3v) is 5.17. The summed E-state index contributed by atoms with van der Waals surface area (Å²) in [6.45, 7) is 3.68. The van der Waals surface area contributed by atoms with Crippen molar-refractivity contribution in [2.75, 3.05) is 18.5 Å². The van der Waals surface area contributed by atoms with E-state index in [-0.39, 0.29) is 35.0 Å². The lowest BCUT2D eigenvalue weighted by Crippen LogP contribution is -2.24. The van der Waals surface area contributed by atoms with Gasteiger partial charge in [0.25, 0.3) is 5.91 Å². The first-order valence-electron chi connectivity index (χ1n) is 8.33. The van der Waals surface area contributed by atoms with E-state index < -0.39 is 27.7 Å². The average Bonchev–Trinajstić information content (AvgIpc) is 2.61. The van der Waals surface area contributed by atoms with Crippen LogP contribution < -0.4 is 14.8 Å². The van der Waals surface area contributed by atoms with E-state index in [4.69, 9.17) is 4.74 Å². The summed E-state index contributed by atoms with van der Waals surface area (Å²) in [5, 5.41) is 2.44. The van der Waals surface area contributed by atoms with Crippen LogP contribution in [0.25, 0.3) is 0 Å². The van der Waals surface area contributed by atoms with E-state index in [1.165, 1.54) is 12.1 Å². The summed E-state index contributed by atoms with van der Waals surface area (Å²) in [4.78, 5) is 12.2. The Labute approximate surface area is 160 Å². The summed E-state index contributed by atoms with van der Waals surface area (Å²) >= 11 is 0. The molecule has 0 radical (unpaired) electrons. The lowest BCUT2D eigenvalue weighted by Gasteiger charge is -2.13. The third-order valence-electron chi connectivity index (χ3n) is 3.60. The molecule has 0 saturated heterocycles. The quantitative estimate of drug-likeness (QED) is 0.722. The first-order valence-corrected chi connectivity index (χ1v) is 9.82. The second-order valence-electron chi connectivity index (χ2n) is 5.63. The Morgan fingerprint density at radius 3 is 2.25 bits per heavy atom. The van der Waals surface area contributed by atoms with Crippen molar-refractivity contribution in [3.8, 4) is 5.75 Å². The average molecular weight is 416 g/mol. The van der Waals surface area contributed by atoms with Crippen LogP contribution in [0.4, 0.5) is 18.9 Å². The topological polar surface area (TPSA) is 84.5 Å². The Balaban J connectivity index is 2.30. The normalized spacial score (nSPS) is 11.9. The number of amides is 1. The predicted octanol–water partition coefficient (Wildman–Crippen LogP) is 3.65. The van der Waals surface area contributed by atoms with Crippen molar-refractivity contribution in [3.63, 3.8) is 0 Å². The molecule has 10 heteroatoms. The molecule has 6 nitrogen and oxygen atoms in total. The molecule has 0 heterocycles. The number of nitrogens with one attached hydrogen (secondary N) is 2. The van der Waals surface area contributed by atoms with Gasteiger partial charge >= 0.3 is 6.18 Å². The number of benzene rings is 2. The molecule has 2 aromatic rings. The second-order valence-corrected chi connectivity index (χ2v) is 7.36. The Kier molecular flexibility index (Phi) is 6.68. The number of ether oxygens (including phenoxy) is 1. The number of halogens is 3. The smallest absolute Gasteiger partial charge is 0.416 e. The zero-order chi connectivity index (χ0) is 20.9. The van der Waals surface area contributed by atoms with Gasteiger partial charge in [-0.25, -0.2) is 13.1 Å². The molecule has 0 aromatic heterocycles. The van der Waals surface area contributed by atoms with Gasteiger partial charge in [0.05, 0.1) is 12.2 Å². The Morgan fingerprint density at radius 2 is 1.71 bits per heavy atom. The highest BCUT2D eigenvalue weighted by Gasteiger charge is 2.30. The highest BCUT2D eigenvalue weighted by Crippen LogP contribution is 2.30. The predicted molar refractivity (Wildman–Crippen MR) is 97.9 cm³/mol. The van der Waals surface area contributed by atoms with Gasteiger partial charge < -0.3 is 10.1 Å². The van der Waals surface area contributed by atoms with Crippen molar-refractivity contribution in [3.05, 3.63) is 53.6 Å². The van der Waals surface area contributed by atoms with Crippen molar-refractivity contribution in [1.29, 1.82) is 0 Å². The van der Waals surface area contributed by atoms with E-state index in [0.29, 0.717) is 0 Å². The molecule has 0 saturated carbocycles. The first-order chi connectivity index (χ1) is 13.1. The highest BCUT2D eigenvalue weighted by atomic mass is 32.2. The van der Waals surface area contributed by atoms with Crippen molar-refractivity contribution >= 4 is 21.6 Å². The standard InChI is InChI=1S/C18H19F3N2O4S/c1-3-22-28(25,26)16-11-12(5-10-15(16)27-4-2)17(24)23-14-8-6-13(7-9-14)18(19,20)21/h5-11,22H,3-4H2,1-2H3,(H,23,24). The Morgan fingerprint density at radius 1 is 1.07 bits per heavy atom. The number of hydrogen-bond acceptors (Lipinski definition) is 4. The lowest BCUT2D eigenvalue weighted by molar-refractivity contribution is -0.137. The fraction of sp³-hybridized carbons (Fsp3) is 0.278. The van der Waals surface area contributed by atoms with Gasteiger partial charge in [0.15, 0.2) is 0 Å². The zero-order valence-corrected chi connectivity index (χ0v) is 15.9. The van der Waals surface area contributed by atoms with E-state index in [2.05, 4.69) is 10.0 Å². The Bertz CT molecular complexity index is 942. The van der Waals surface area contributed by atoms with Crippen LogP contribution in [-0.4, -0.2) is 27.5 Å². The number of rotatable bonds is 7. The molecular formula is C18H19F3N2O4S. The van der Waals surface area contributed by atoms with Crippen molar-refractivity contribution in [1.82, 2.24) is 4.72 Å². The minimum Gasteiger partial charge on any atom is -0.492 e. The van der Waals surface area contributed by atoms with Crippen LogP contribution in [0.2, 0.25) is 0 Å². The number of carbonyl (C=O) groups excluding carboxylic acids is 1. The van der Waals surface area contributed by atoms with Crippen LogP contribution in [0.3, 0.4) is 0 Å². The molecule has 2 rings (SSSR count). The maximum atomic E-state index is 12.6. The molecule has 0 unspecified atom stereocenters. The van der Waals surface area contributed by atoms with Crippen molar-refractivity contribution in [2.45, 2.75) is 24.9 Å². The summed E-state index contributed by atoms with van der Waals surface area (Å²) in [6, 6.07) is 7.80. The minimum absolute atomic E-state index is 0.0137. The Hall–Kier alpha value is -2.59. The maximum Gasteiger partial charge on any atom is 0.416 e. The lowest BCUT2D eigenvalue weighted by atomic mass is 10.1. The van der Waals surface area contributed by atoms with Crippen molar-refractivity contribution < 1.29 is 31.1 Å². The number of hydrogen-bond donors (Lipinski definition) is 2. The van der Waals surface area contributed by atoms with Gasteiger partial charge in [-0.1, -0.05) is 6.92 Å². The number of anilines is 1. The third kappa shape index (κ3) is 5.23. The summed E-state index contributed by atoms with van der Waals surface area (Å²) < 4.78 is 70.2. The molecule has 0 aliphatic rings. The van der Waals surface area contributed by atoms with Gasteiger partial charge in [0.1, 0.15) is 10.6 Å². The molecule has 28 heavy (non-hydrogen) atoms. The molecule has 1 amide bonds. The van der Waals surface area contributed by atoms with Gasteiger partial charge in [0, 0.05) is 17.8 Å². The van der Waals surface area contributed by atoms with Gasteiger partial charge in [-0.15, -0.1) is 0 Å². The molecular weight excluding hydrogens is 397 g/mol. The van der Waals surface area contributed by atoms with E-state index in [1.54, 1.807) is 13.8 Å². The molecule has 152 valence electrons. The molecule has 0 fully saturated rings. The summed E-state index contributed by atoms with van der Waals surface area (Å²) in [5.41, 5.74) is -0.687. The van der Waals surface area contributed by atoms with E-state index >= 15 is 0 Å². The van der Waals surface area contributed by atoms with Crippen LogP contribution in [0.15, 0.2) is 47.4 Å². The van der Waals surface area contributed by atoms with Crippen LogP contribution in [-0.2, 0) is 16.2 Å². The molecule has 0 spiro atoms. The largest absolute Gasteiger partial charge is 0.492 e. The highest BCUT2D eigenvalue weighted by molar-refractivity contribution is 7.89. The molecule has 0 bridgehead atoms. The summed E-state index contributed by atoms with van der Waals surface area (Å²) in [7, 11) is -3.89. The van der Waals surface area contributed by atoms with Gasteiger partial charge in [-0.2, -0.15) is 13.2 Å². The van der Waals surface area contributed by atoms with Crippen molar-refractivity contribution in [2.24, 2.45) is 0 Å². The van der Waals surface area contributed by atoms with Crippen LogP contribution in [0, 0.1) is 0 Å². The summed E-state index contributed by atoms with van der Waals surface area (Å²) in [6.07, 6.45) is -4.48. The van der Waals surface area contributed by atoms with Crippen LogP contribution in [0.5, 0.6) is 5.75 Å². The minimum atomic E-state index is -4.48. The van der Waals surface area contributed by atoms with E-state index in [1.807, 2.05) is 0 Å². The summed E-state index contributed by atoms with van der Waals surface area (Å²) in [5.74, 6) is -0.578. The first kappa shape index (κ1) is 21.7. The molecule has 0 aliphatic carbocycles. The monoisotopic (exact) mass is 416 g/mol. The van der Waals surface area contributed by atoms with Crippen LogP contribution in [0.1, 0.15) is 29.8 Å². The number of sulfonamides is 1. The van der Waals surface area contributed by atoms with E-state index in [9.17, 15) is 26.4 Å². The van der Waals surface area contributed by atoms with Gasteiger partial charge in [0.2, 0.25) is 10.0 Å². The molecule has 0 aliphatic heterocycles. The second kappa shape index (κ2) is 8.61. The van der Waals surface area contributed by atoms with E-state index in [0.717, 1.165) is 30.3 Å². The van der Waals surface area contributed by atoms with Gasteiger partial charge in [-0.05, 0) is 49.4 Å². The SMILES string of the molecule is CCNS(=O)(=O)c1cc(C(=O)Nc2ccc(C(F)(F)F)cc2)ccc1OCC.